The van der Waals surface area contributed by atoms with E-state index in [1.54, 1.807) is 37.6 Å². The average molecular weight is 572 g/mol. The summed E-state index contributed by atoms with van der Waals surface area (Å²) in [6.07, 6.45) is 1.77. The molecule has 4 aromatic carbocycles. The Kier molecular flexibility index (Phi) is 8.29. The number of amides is 1. The number of rotatable bonds is 8. The Labute approximate surface area is 221 Å². The van der Waals surface area contributed by atoms with Gasteiger partial charge in [-0.15, -0.1) is 0 Å². The molecule has 0 heterocycles. The van der Waals surface area contributed by atoms with E-state index in [-0.39, 0.29) is 18.9 Å². The molecule has 1 amide bonds. The second kappa shape index (κ2) is 11.6. The van der Waals surface area contributed by atoms with Crippen LogP contribution in [0.3, 0.4) is 0 Å². The van der Waals surface area contributed by atoms with Crippen LogP contribution in [0.15, 0.2) is 82.4 Å². The Morgan fingerprint density at radius 2 is 1.80 bits per heavy atom. The van der Waals surface area contributed by atoms with E-state index in [0.29, 0.717) is 27.1 Å². The number of ether oxygens (including phenoxy) is 2. The summed E-state index contributed by atoms with van der Waals surface area (Å²) in [6, 6.07) is 22.7. The maximum atomic E-state index is 12.5. The summed E-state index contributed by atoms with van der Waals surface area (Å²) in [4.78, 5) is 12.5. The number of nitrogens with zero attached hydrogens (tertiary/aromatic N) is 1. The summed E-state index contributed by atoms with van der Waals surface area (Å²) in [7, 11) is 1.55. The van der Waals surface area contributed by atoms with Crippen molar-refractivity contribution in [1.82, 2.24) is 5.43 Å². The number of hydrazone groups is 1. The van der Waals surface area contributed by atoms with Gasteiger partial charge in [-0.1, -0.05) is 71.7 Å². The van der Waals surface area contributed by atoms with Gasteiger partial charge >= 0.3 is 0 Å². The number of carbonyl (C=O) groups is 1. The van der Waals surface area contributed by atoms with Gasteiger partial charge in [-0.05, 0) is 56.5 Å². The summed E-state index contributed by atoms with van der Waals surface area (Å²) < 4.78 is 12.1. The number of halogens is 3. The Morgan fingerprint density at radius 3 is 2.60 bits per heavy atom. The highest BCUT2D eigenvalue weighted by Gasteiger charge is 2.12. The zero-order chi connectivity index (χ0) is 24.8. The quantitative estimate of drug-likeness (QED) is 0.180. The van der Waals surface area contributed by atoms with Crippen LogP contribution in [0.1, 0.15) is 16.7 Å². The predicted octanol–water partition coefficient (Wildman–Crippen LogP) is 7.19. The van der Waals surface area contributed by atoms with Gasteiger partial charge in [0.25, 0.3) is 0 Å². The molecular weight excluding hydrogens is 551 g/mol. The third kappa shape index (κ3) is 6.34. The molecule has 4 rings (SSSR count). The SMILES string of the molecule is COc1cc(C=NNC(=O)Cc2cccc3ccccc23)c(Br)cc1OCc1ccc(Cl)cc1Cl. The fourth-order valence-corrected chi connectivity index (χ4v) is 4.44. The third-order valence-electron chi connectivity index (χ3n) is 5.31. The molecule has 0 saturated heterocycles. The van der Waals surface area contributed by atoms with Crippen molar-refractivity contribution in [1.29, 1.82) is 0 Å². The van der Waals surface area contributed by atoms with Gasteiger partial charge in [0.15, 0.2) is 11.5 Å². The molecule has 1 N–H and O–H groups in total. The molecule has 35 heavy (non-hydrogen) atoms. The summed E-state index contributed by atoms with van der Waals surface area (Å²) in [6.45, 7) is 0.246. The Morgan fingerprint density at radius 1 is 1.00 bits per heavy atom. The molecule has 0 unspecified atom stereocenters. The van der Waals surface area contributed by atoms with E-state index in [1.165, 1.54) is 0 Å². The minimum atomic E-state index is -0.208. The summed E-state index contributed by atoms with van der Waals surface area (Å²) in [5.41, 5.74) is 5.05. The highest BCUT2D eigenvalue weighted by atomic mass is 79.9. The van der Waals surface area contributed by atoms with E-state index in [9.17, 15) is 4.79 Å². The van der Waals surface area contributed by atoms with Crippen LogP contribution in [0.25, 0.3) is 10.8 Å². The number of hydrogen-bond acceptors (Lipinski definition) is 4. The molecule has 0 atom stereocenters. The van der Waals surface area contributed by atoms with Crippen molar-refractivity contribution >= 4 is 62.0 Å². The molecule has 0 bridgehead atoms. The van der Waals surface area contributed by atoms with Crippen LogP contribution in [-0.4, -0.2) is 19.2 Å². The van der Waals surface area contributed by atoms with Crippen molar-refractivity contribution in [2.24, 2.45) is 5.10 Å². The minimum absolute atomic E-state index is 0.208. The Bertz CT molecular complexity index is 1400. The van der Waals surface area contributed by atoms with Crippen molar-refractivity contribution in [2.75, 3.05) is 7.11 Å². The predicted molar refractivity (Wildman–Crippen MR) is 145 cm³/mol. The molecule has 0 aliphatic heterocycles. The lowest BCUT2D eigenvalue weighted by Gasteiger charge is -2.13. The first-order chi connectivity index (χ1) is 16.9. The lowest BCUT2D eigenvalue weighted by Crippen LogP contribution is -2.20. The van der Waals surface area contributed by atoms with E-state index in [4.69, 9.17) is 32.7 Å². The van der Waals surface area contributed by atoms with Crippen LogP contribution in [0.4, 0.5) is 0 Å². The van der Waals surface area contributed by atoms with Crippen LogP contribution < -0.4 is 14.9 Å². The number of benzene rings is 4. The average Bonchev–Trinajstić information content (AvgIpc) is 2.85. The second-order valence-corrected chi connectivity index (χ2v) is 9.36. The third-order valence-corrected chi connectivity index (χ3v) is 6.58. The molecule has 0 saturated carbocycles. The van der Waals surface area contributed by atoms with Gasteiger partial charge in [0.05, 0.1) is 19.7 Å². The molecule has 178 valence electrons. The first-order valence-corrected chi connectivity index (χ1v) is 12.2. The van der Waals surface area contributed by atoms with E-state index >= 15 is 0 Å². The van der Waals surface area contributed by atoms with Gasteiger partial charge < -0.3 is 9.47 Å². The number of nitrogens with one attached hydrogen (secondary N) is 1. The van der Waals surface area contributed by atoms with Gasteiger partial charge in [0.2, 0.25) is 5.91 Å². The first kappa shape index (κ1) is 25.0. The normalized spacial score (nSPS) is 11.1. The number of hydrogen-bond donors (Lipinski definition) is 1. The van der Waals surface area contributed by atoms with Gasteiger partial charge in [-0.25, -0.2) is 5.43 Å². The van der Waals surface area contributed by atoms with E-state index in [1.807, 2.05) is 48.5 Å². The maximum Gasteiger partial charge on any atom is 0.244 e. The van der Waals surface area contributed by atoms with Crippen molar-refractivity contribution in [3.8, 4) is 11.5 Å². The van der Waals surface area contributed by atoms with Crippen molar-refractivity contribution in [3.05, 3.63) is 104 Å². The van der Waals surface area contributed by atoms with Crippen molar-refractivity contribution in [3.63, 3.8) is 0 Å². The lowest BCUT2D eigenvalue weighted by atomic mass is 10.0. The second-order valence-electron chi connectivity index (χ2n) is 7.66. The maximum absolute atomic E-state index is 12.5. The van der Waals surface area contributed by atoms with Crippen LogP contribution in [0, 0.1) is 0 Å². The van der Waals surface area contributed by atoms with Gasteiger partial charge in [0, 0.05) is 25.6 Å². The summed E-state index contributed by atoms with van der Waals surface area (Å²) in [5.74, 6) is 0.838. The molecule has 0 radical (unpaired) electrons. The van der Waals surface area contributed by atoms with E-state index in [0.717, 1.165) is 26.4 Å². The summed E-state index contributed by atoms with van der Waals surface area (Å²) >= 11 is 15.7. The molecule has 0 fully saturated rings. The van der Waals surface area contributed by atoms with Crippen LogP contribution in [0.2, 0.25) is 10.0 Å². The van der Waals surface area contributed by atoms with Gasteiger partial charge in [-0.2, -0.15) is 5.10 Å². The molecule has 8 heteroatoms. The standard InChI is InChI=1S/C27H21BrCl2N2O3/c1-34-25-11-20(23(28)14-26(25)35-16-19-9-10-21(29)13-24(19)30)15-31-32-27(33)12-18-7-4-6-17-5-2-3-8-22(17)18/h2-11,13-15H,12,16H2,1H3,(H,32,33). The van der Waals surface area contributed by atoms with Gasteiger partial charge in [0.1, 0.15) is 6.61 Å². The van der Waals surface area contributed by atoms with Crippen LogP contribution in [-0.2, 0) is 17.8 Å². The molecule has 0 aliphatic carbocycles. The molecule has 4 aromatic rings. The monoisotopic (exact) mass is 570 g/mol. The molecule has 0 aliphatic rings. The van der Waals surface area contributed by atoms with Crippen molar-refractivity contribution < 1.29 is 14.3 Å². The highest BCUT2D eigenvalue weighted by Crippen LogP contribution is 2.34. The Balaban J connectivity index is 1.42. The number of fused-ring (bicyclic) bond motifs is 1. The van der Waals surface area contributed by atoms with Gasteiger partial charge in [-0.3, -0.25) is 4.79 Å². The zero-order valence-electron chi connectivity index (χ0n) is 18.7. The molecule has 0 aromatic heterocycles. The fourth-order valence-electron chi connectivity index (χ4n) is 3.55. The number of carbonyl (C=O) groups excluding carboxylic acids is 1. The van der Waals surface area contributed by atoms with Crippen LogP contribution in [0.5, 0.6) is 11.5 Å². The fraction of sp³-hybridized carbons (Fsp3) is 0.111. The first-order valence-electron chi connectivity index (χ1n) is 10.7. The summed E-state index contributed by atoms with van der Waals surface area (Å²) in [5, 5.41) is 7.35. The Hall–Kier alpha value is -3.06. The van der Waals surface area contributed by atoms with E-state index in [2.05, 4.69) is 26.5 Å². The van der Waals surface area contributed by atoms with Crippen molar-refractivity contribution in [2.45, 2.75) is 13.0 Å². The van der Waals surface area contributed by atoms with E-state index < -0.39 is 0 Å². The van der Waals surface area contributed by atoms with Crippen LogP contribution >= 0.6 is 39.1 Å². The number of methoxy groups -OCH3 is 1. The lowest BCUT2D eigenvalue weighted by molar-refractivity contribution is -0.120. The molecule has 5 nitrogen and oxygen atoms in total. The highest BCUT2D eigenvalue weighted by molar-refractivity contribution is 9.10. The minimum Gasteiger partial charge on any atom is -0.493 e. The smallest absolute Gasteiger partial charge is 0.244 e. The topological polar surface area (TPSA) is 59.9 Å². The largest absolute Gasteiger partial charge is 0.493 e. The molecular formula is C27H21BrCl2N2O3. The zero-order valence-corrected chi connectivity index (χ0v) is 21.8. The molecule has 0 spiro atoms.